The van der Waals surface area contributed by atoms with Crippen LogP contribution in [-0.2, 0) is 4.79 Å². The average Bonchev–Trinajstić information content (AvgIpc) is 2.99. The Kier molecular flexibility index (Phi) is 6.63. The Labute approximate surface area is 160 Å². The maximum absolute atomic E-state index is 12.9. The van der Waals surface area contributed by atoms with E-state index < -0.39 is 0 Å². The van der Waals surface area contributed by atoms with E-state index in [-0.39, 0.29) is 11.7 Å². The summed E-state index contributed by atoms with van der Waals surface area (Å²) in [5.74, 6) is 0.262. The Morgan fingerprint density at radius 1 is 1.07 bits per heavy atom. The lowest BCUT2D eigenvalue weighted by Crippen LogP contribution is -2.50. The van der Waals surface area contributed by atoms with Crippen LogP contribution in [0.1, 0.15) is 35.8 Å². The summed E-state index contributed by atoms with van der Waals surface area (Å²) < 4.78 is 0. The highest BCUT2D eigenvalue weighted by molar-refractivity contribution is 6.10. The third kappa shape index (κ3) is 4.96. The number of benzene rings is 1. The van der Waals surface area contributed by atoms with Gasteiger partial charge in [-0.3, -0.25) is 19.4 Å². The molecule has 146 valence electrons. The minimum atomic E-state index is 0.0994. The third-order valence-electron chi connectivity index (χ3n) is 5.22. The Balaban J connectivity index is 1.49. The standard InChI is InChI=1S/C21H30N4O2/c1-3-4-9-22-20(27)15-25-12-10-24(11-13-25)14-19(26)21-16(2)23-18-8-6-5-7-17(18)21/h5-8,23H,3-4,9-15H2,1-2H3,(H,22,27). The highest BCUT2D eigenvalue weighted by Crippen LogP contribution is 2.22. The fraction of sp³-hybridized carbons (Fsp3) is 0.524. The number of hydrogen-bond acceptors (Lipinski definition) is 4. The number of nitrogens with one attached hydrogen (secondary N) is 2. The van der Waals surface area contributed by atoms with Gasteiger partial charge in [0.15, 0.2) is 5.78 Å². The van der Waals surface area contributed by atoms with Crippen molar-refractivity contribution in [3.05, 3.63) is 35.5 Å². The predicted molar refractivity (Wildman–Crippen MR) is 108 cm³/mol. The normalized spacial score (nSPS) is 15.9. The van der Waals surface area contributed by atoms with E-state index in [1.807, 2.05) is 31.2 Å². The molecule has 1 amide bonds. The van der Waals surface area contributed by atoms with Gasteiger partial charge in [0, 0.05) is 54.9 Å². The maximum atomic E-state index is 12.9. The van der Waals surface area contributed by atoms with Crippen molar-refractivity contribution in [3.8, 4) is 0 Å². The monoisotopic (exact) mass is 370 g/mol. The molecule has 1 fully saturated rings. The van der Waals surface area contributed by atoms with Crippen LogP contribution in [0.2, 0.25) is 0 Å². The number of fused-ring (bicyclic) bond motifs is 1. The number of nitrogens with zero attached hydrogens (tertiary/aromatic N) is 2. The van der Waals surface area contributed by atoms with E-state index in [0.717, 1.165) is 67.7 Å². The summed E-state index contributed by atoms with van der Waals surface area (Å²) >= 11 is 0. The van der Waals surface area contributed by atoms with Crippen LogP contribution in [0.5, 0.6) is 0 Å². The van der Waals surface area contributed by atoms with Gasteiger partial charge in [-0.05, 0) is 19.4 Å². The first kappa shape index (κ1) is 19.6. The van der Waals surface area contributed by atoms with Gasteiger partial charge >= 0.3 is 0 Å². The molecule has 6 heteroatoms. The first-order chi connectivity index (χ1) is 13.1. The van der Waals surface area contributed by atoms with Crippen molar-refractivity contribution >= 4 is 22.6 Å². The van der Waals surface area contributed by atoms with Gasteiger partial charge in [0.2, 0.25) is 5.91 Å². The minimum absolute atomic E-state index is 0.0994. The highest BCUT2D eigenvalue weighted by atomic mass is 16.2. The Hall–Kier alpha value is -2.18. The van der Waals surface area contributed by atoms with Gasteiger partial charge in [0.05, 0.1) is 13.1 Å². The van der Waals surface area contributed by atoms with E-state index in [1.165, 1.54) is 0 Å². The van der Waals surface area contributed by atoms with Crippen LogP contribution in [0.3, 0.4) is 0 Å². The molecule has 0 bridgehead atoms. The summed E-state index contributed by atoms with van der Waals surface area (Å²) in [5.41, 5.74) is 2.75. The zero-order chi connectivity index (χ0) is 19.2. The first-order valence-corrected chi connectivity index (χ1v) is 9.90. The number of aryl methyl sites for hydroxylation is 1. The van der Waals surface area contributed by atoms with E-state index >= 15 is 0 Å². The number of amides is 1. The SMILES string of the molecule is CCCCNC(=O)CN1CCN(CC(=O)c2c(C)[nH]c3ccccc23)CC1. The van der Waals surface area contributed by atoms with E-state index in [1.54, 1.807) is 0 Å². The summed E-state index contributed by atoms with van der Waals surface area (Å²) in [6, 6.07) is 7.95. The number of ketones is 1. The third-order valence-corrected chi connectivity index (χ3v) is 5.22. The van der Waals surface area contributed by atoms with Crippen molar-refractivity contribution in [1.82, 2.24) is 20.1 Å². The number of rotatable bonds is 8. The van der Waals surface area contributed by atoms with Crippen molar-refractivity contribution in [2.24, 2.45) is 0 Å². The molecule has 0 unspecified atom stereocenters. The smallest absolute Gasteiger partial charge is 0.234 e. The van der Waals surface area contributed by atoms with Crippen LogP contribution in [0.25, 0.3) is 10.9 Å². The Bertz CT molecular complexity index is 791. The molecule has 1 aliphatic heterocycles. The molecule has 6 nitrogen and oxygen atoms in total. The van der Waals surface area contributed by atoms with Crippen LogP contribution in [0, 0.1) is 6.92 Å². The summed E-state index contributed by atoms with van der Waals surface area (Å²) in [6.07, 6.45) is 2.11. The predicted octanol–water partition coefficient (Wildman–Crippen LogP) is 2.19. The number of Topliss-reactive ketones (excluding diaryl/α,β-unsaturated/α-hetero) is 1. The molecule has 2 N–H and O–H groups in total. The molecule has 0 atom stereocenters. The Morgan fingerprint density at radius 3 is 2.44 bits per heavy atom. The van der Waals surface area contributed by atoms with E-state index in [4.69, 9.17) is 0 Å². The molecule has 0 spiro atoms. The lowest BCUT2D eigenvalue weighted by atomic mass is 10.1. The second-order valence-electron chi connectivity index (χ2n) is 7.35. The molecule has 1 aromatic carbocycles. The molecule has 3 rings (SSSR count). The van der Waals surface area contributed by atoms with Gasteiger partial charge in [0.1, 0.15) is 0 Å². The maximum Gasteiger partial charge on any atom is 0.234 e. The second-order valence-corrected chi connectivity index (χ2v) is 7.35. The molecule has 1 aromatic heterocycles. The number of para-hydroxylation sites is 1. The van der Waals surface area contributed by atoms with Gasteiger partial charge in [-0.25, -0.2) is 0 Å². The number of aromatic amines is 1. The quantitative estimate of drug-likeness (QED) is 0.552. The molecule has 0 aliphatic carbocycles. The molecule has 2 aromatic rings. The minimum Gasteiger partial charge on any atom is -0.358 e. The average molecular weight is 370 g/mol. The van der Waals surface area contributed by atoms with Crippen LogP contribution in [0.15, 0.2) is 24.3 Å². The molecular weight excluding hydrogens is 340 g/mol. The molecule has 27 heavy (non-hydrogen) atoms. The number of unbranched alkanes of at least 4 members (excludes halogenated alkanes) is 1. The summed E-state index contributed by atoms with van der Waals surface area (Å²) in [5, 5.41) is 3.97. The summed E-state index contributed by atoms with van der Waals surface area (Å²) in [6.45, 7) is 8.99. The van der Waals surface area contributed by atoms with Crippen molar-refractivity contribution in [1.29, 1.82) is 0 Å². The molecule has 0 radical (unpaired) electrons. The fourth-order valence-corrected chi connectivity index (χ4v) is 3.69. The zero-order valence-corrected chi connectivity index (χ0v) is 16.4. The van der Waals surface area contributed by atoms with Crippen molar-refractivity contribution in [3.63, 3.8) is 0 Å². The van der Waals surface area contributed by atoms with Crippen molar-refractivity contribution < 1.29 is 9.59 Å². The van der Waals surface area contributed by atoms with Crippen molar-refractivity contribution in [2.75, 3.05) is 45.8 Å². The summed E-state index contributed by atoms with van der Waals surface area (Å²) in [7, 11) is 0. The second kappa shape index (κ2) is 9.15. The van der Waals surface area contributed by atoms with Crippen LogP contribution >= 0.6 is 0 Å². The zero-order valence-electron chi connectivity index (χ0n) is 16.4. The topological polar surface area (TPSA) is 68.4 Å². The van der Waals surface area contributed by atoms with Gasteiger partial charge in [-0.1, -0.05) is 31.5 Å². The number of carbonyl (C=O) groups excluding carboxylic acids is 2. The molecule has 1 aliphatic rings. The van der Waals surface area contributed by atoms with E-state index in [2.05, 4.69) is 27.0 Å². The number of aromatic nitrogens is 1. The summed E-state index contributed by atoms with van der Waals surface area (Å²) in [4.78, 5) is 32.5. The van der Waals surface area contributed by atoms with E-state index in [0.29, 0.717) is 13.1 Å². The van der Waals surface area contributed by atoms with Crippen molar-refractivity contribution in [2.45, 2.75) is 26.7 Å². The lowest BCUT2D eigenvalue weighted by molar-refractivity contribution is -0.122. The van der Waals surface area contributed by atoms with Crippen LogP contribution in [0.4, 0.5) is 0 Å². The molecule has 0 saturated carbocycles. The highest BCUT2D eigenvalue weighted by Gasteiger charge is 2.23. The van der Waals surface area contributed by atoms with Gasteiger partial charge < -0.3 is 10.3 Å². The number of hydrogen-bond donors (Lipinski definition) is 2. The molecule has 1 saturated heterocycles. The van der Waals surface area contributed by atoms with Crippen LogP contribution in [-0.4, -0.2) is 72.3 Å². The fourth-order valence-electron chi connectivity index (χ4n) is 3.69. The number of carbonyl (C=O) groups is 2. The van der Waals surface area contributed by atoms with E-state index in [9.17, 15) is 9.59 Å². The van der Waals surface area contributed by atoms with Gasteiger partial charge in [-0.15, -0.1) is 0 Å². The molecule has 2 heterocycles. The lowest BCUT2D eigenvalue weighted by Gasteiger charge is -2.33. The molecular formula is C21H30N4O2. The Morgan fingerprint density at radius 2 is 1.74 bits per heavy atom. The van der Waals surface area contributed by atoms with Gasteiger partial charge in [-0.2, -0.15) is 0 Å². The largest absolute Gasteiger partial charge is 0.358 e. The number of H-pyrrole nitrogens is 1. The van der Waals surface area contributed by atoms with Gasteiger partial charge in [0.25, 0.3) is 0 Å². The number of piperazine rings is 1. The first-order valence-electron chi connectivity index (χ1n) is 9.90. The van der Waals surface area contributed by atoms with Crippen LogP contribution < -0.4 is 5.32 Å².